The first-order chi connectivity index (χ1) is 8.09. The minimum Gasteiger partial charge on any atom is -0.397 e. The van der Waals surface area contributed by atoms with Gasteiger partial charge in [0, 0.05) is 26.3 Å². The Kier molecular flexibility index (Phi) is 3.52. The first kappa shape index (κ1) is 12.2. The number of hydrogen-bond donors (Lipinski definition) is 1. The van der Waals surface area contributed by atoms with E-state index in [4.69, 9.17) is 10.5 Å². The second-order valence-corrected chi connectivity index (χ2v) is 4.61. The van der Waals surface area contributed by atoms with Crippen molar-refractivity contribution in [3.05, 3.63) is 23.5 Å². The molecule has 0 unspecified atom stereocenters. The third kappa shape index (κ3) is 2.52. The van der Waals surface area contributed by atoms with Crippen LogP contribution in [0.25, 0.3) is 0 Å². The van der Waals surface area contributed by atoms with Crippen molar-refractivity contribution in [2.75, 3.05) is 30.9 Å². The number of nitrogens with zero attached hydrogens (tertiary/aromatic N) is 1. The van der Waals surface area contributed by atoms with E-state index in [1.54, 1.807) is 6.92 Å². The van der Waals surface area contributed by atoms with Crippen molar-refractivity contribution in [1.29, 1.82) is 0 Å². The molecule has 0 aromatic heterocycles. The lowest BCUT2D eigenvalue weighted by atomic mass is 10.1. The van der Waals surface area contributed by atoms with Crippen molar-refractivity contribution in [3.8, 4) is 0 Å². The monoisotopic (exact) mass is 238 g/mol. The Morgan fingerprint density at radius 1 is 1.35 bits per heavy atom. The van der Waals surface area contributed by atoms with Crippen LogP contribution in [0, 0.1) is 12.7 Å². The fourth-order valence-corrected chi connectivity index (χ4v) is 2.26. The van der Waals surface area contributed by atoms with E-state index in [1.807, 2.05) is 13.1 Å². The topological polar surface area (TPSA) is 38.5 Å². The second kappa shape index (κ2) is 4.92. The molecule has 1 aromatic carbocycles. The molecular weight excluding hydrogens is 219 g/mol. The molecule has 0 amide bonds. The average Bonchev–Trinajstić information content (AvgIpc) is 2.34. The largest absolute Gasteiger partial charge is 0.397 e. The molecule has 1 aliphatic rings. The van der Waals surface area contributed by atoms with Crippen molar-refractivity contribution in [2.45, 2.75) is 25.8 Å². The first-order valence-corrected chi connectivity index (χ1v) is 5.96. The Balaban J connectivity index is 2.23. The van der Waals surface area contributed by atoms with Gasteiger partial charge < -0.3 is 15.4 Å². The Hall–Kier alpha value is -1.29. The quantitative estimate of drug-likeness (QED) is 0.804. The Bertz CT molecular complexity index is 403. The van der Waals surface area contributed by atoms with Gasteiger partial charge in [-0.1, -0.05) is 0 Å². The minimum atomic E-state index is -0.244. The van der Waals surface area contributed by atoms with Gasteiger partial charge in [0.2, 0.25) is 0 Å². The number of nitrogens with two attached hydrogens (primary N) is 1. The average molecular weight is 238 g/mol. The van der Waals surface area contributed by atoms with Crippen molar-refractivity contribution in [1.82, 2.24) is 0 Å². The van der Waals surface area contributed by atoms with Crippen LogP contribution in [0.4, 0.5) is 15.8 Å². The Morgan fingerprint density at radius 2 is 2.00 bits per heavy atom. The lowest BCUT2D eigenvalue weighted by Gasteiger charge is -2.33. The summed E-state index contributed by atoms with van der Waals surface area (Å²) in [7, 11) is 2.01. The predicted octanol–water partition coefficient (Wildman–Crippen LogP) is 2.33. The van der Waals surface area contributed by atoms with Gasteiger partial charge in [-0.3, -0.25) is 0 Å². The van der Waals surface area contributed by atoms with Crippen LogP contribution >= 0.6 is 0 Å². The third-order valence-electron chi connectivity index (χ3n) is 3.43. The zero-order valence-electron chi connectivity index (χ0n) is 10.4. The molecule has 4 heteroatoms. The summed E-state index contributed by atoms with van der Waals surface area (Å²) in [5.41, 5.74) is 7.93. The summed E-state index contributed by atoms with van der Waals surface area (Å²) in [5, 5.41) is 0. The van der Waals surface area contributed by atoms with Gasteiger partial charge in [0.15, 0.2) is 0 Å². The van der Waals surface area contributed by atoms with E-state index in [-0.39, 0.29) is 5.82 Å². The van der Waals surface area contributed by atoms with Gasteiger partial charge in [-0.15, -0.1) is 0 Å². The predicted molar refractivity (Wildman–Crippen MR) is 67.8 cm³/mol. The summed E-state index contributed by atoms with van der Waals surface area (Å²) < 4.78 is 18.7. The molecule has 1 saturated heterocycles. The summed E-state index contributed by atoms with van der Waals surface area (Å²) in [5.74, 6) is -0.244. The van der Waals surface area contributed by atoms with Crippen LogP contribution in [0.2, 0.25) is 0 Å². The number of benzene rings is 1. The summed E-state index contributed by atoms with van der Waals surface area (Å²) in [6, 6.07) is 3.65. The molecule has 94 valence electrons. The SMILES string of the molecule is Cc1cc(N(C)C2CCOCC2)c(N)cc1F. The van der Waals surface area contributed by atoms with Crippen LogP contribution in [0.15, 0.2) is 12.1 Å². The smallest absolute Gasteiger partial charge is 0.128 e. The summed E-state index contributed by atoms with van der Waals surface area (Å²) >= 11 is 0. The van der Waals surface area contributed by atoms with Crippen molar-refractivity contribution < 1.29 is 9.13 Å². The van der Waals surface area contributed by atoms with Gasteiger partial charge in [0.05, 0.1) is 11.4 Å². The van der Waals surface area contributed by atoms with Crippen molar-refractivity contribution in [3.63, 3.8) is 0 Å². The Labute approximate surface area is 101 Å². The molecule has 0 bridgehead atoms. The maximum Gasteiger partial charge on any atom is 0.128 e. The van der Waals surface area contributed by atoms with Crippen LogP contribution in [0.1, 0.15) is 18.4 Å². The molecule has 0 radical (unpaired) electrons. The molecule has 0 aliphatic carbocycles. The summed E-state index contributed by atoms with van der Waals surface area (Å²) in [6.45, 7) is 3.33. The molecule has 1 aromatic rings. The van der Waals surface area contributed by atoms with Gasteiger partial charge in [-0.25, -0.2) is 4.39 Å². The molecule has 2 rings (SSSR count). The van der Waals surface area contributed by atoms with E-state index < -0.39 is 0 Å². The number of rotatable bonds is 2. The van der Waals surface area contributed by atoms with E-state index in [0.29, 0.717) is 17.3 Å². The number of aryl methyl sites for hydroxylation is 1. The van der Waals surface area contributed by atoms with Crippen LogP contribution in [-0.2, 0) is 4.74 Å². The lowest BCUT2D eigenvalue weighted by Crippen LogP contribution is -2.37. The molecule has 0 saturated carbocycles. The van der Waals surface area contributed by atoms with E-state index in [9.17, 15) is 4.39 Å². The molecule has 0 spiro atoms. The molecule has 3 nitrogen and oxygen atoms in total. The molecule has 1 heterocycles. The fraction of sp³-hybridized carbons (Fsp3) is 0.538. The van der Waals surface area contributed by atoms with Crippen LogP contribution in [0.3, 0.4) is 0 Å². The van der Waals surface area contributed by atoms with Gasteiger partial charge >= 0.3 is 0 Å². The fourth-order valence-electron chi connectivity index (χ4n) is 2.26. The van der Waals surface area contributed by atoms with Gasteiger partial charge in [-0.2, -0.15) is 0 Å². The van der Waals surface area contributed by atoms with Crippen molar-refractivity contribution in [2.24, 2.45) is 0 Å². The normalized spacial score (nSPS) is 17.1. The summed E-state index contributed by atoms with van der Waals surface area (Å²) in [4.78, 5) is 2.14. The van der Waals surface area contributed by atoms with Gasteiger partial charge in [0.1, 0.15) is 5.82 Å². The zero-order valence-corrected chi connectivity index (χ0v) is 10.4. The first-order valence-electron chi connectivity index (χ1n) is 5.96. The summed E-state index contributed by atoms with van der Waals surface area (Å²) in [6.07, 6.45) is 1.98. The number of hydrogen-bond acceptors (Lipinski definition) is 3. The maximum absolute atomic E-state index is 13.3. The van der Waals surface area contributed by atoms with Crippen LogP contribution in [-0.4, -0.2) is 26.3 Å². The Morgan fingerprint density at radius 3 is 2.65 bits per heavy atom. The minimum absolute atomic E-state index is 0.244. The highest BCUT2D eigenvalue weighted by atomic mass is 19.1. The molecule has 1 aliphatic heterocycles. The van der Waals surface area contributed by atoms with E-state index in [0.717, 1.165) is 31.7 Å². The molecule has 0 atom stereocenters. The number of nitrogen functional groups attached to an aromatic ring is 1. The van der Waals surface area contributed by atoms with E-state index >= 15 is 0 Å². The lowest BCUT2D eigenvalue weighted by molar-refractivity contribution is 0.0855. The highest BCUT2D eigenvalue weighted by molar-refractivity contribution is 5.68. The zero-order chi connectivity index (χ0) is 12.4. The van der Waals surface area contributed by atoms with E-state index in [2.05, 4.69) is 4.90 Å². The molecular formula is C13H19FN2O. The molecule has 17 heavy (non-hydrogen) atoms. The third-order valence-corrected chi connectivity index (χ3v) is 3.43. The van der Waals surface area contributed by atoms with Crippen molar-refractivity contribution >= 4 is 11.4 Å². The van der Waals surface area contributed by atoms with Crippen LogP contribution < -0.4 is 10.6 Å². The number of halogens is 1. The molecule has 1 fully saturated rings. The number of ether oxygens (including phenoxy) is 1. The highest BCUT2D eigenvalue weighted by Crippen LogP contribution is 2.29. The van der Waals surface area contributed by atoms with Crippen LogP contribution in [0.5, 0.6) is 0 Å². The number of anilines is 2. The van der Waals surface area contributed by atoms with Gasteiger partial charge in [-0.05, 0) is 37.5 Å². The molecule has 2 N–H and O–H groups in total. The van der Waals surface area contributed by atoms with Gasteiger partial charge in [0.25, 0.3) is 0 Å². The standard InChI is InChI=1S/C13H19FN2O/c1-9-7-13(12(15)8-11(9)14)16(2)10-3-5-17-6-4-10/h7-8,10H,3-6,15H2,1-2H3. The highest BCUT2D eigenvalue weighted by Gasteiger charge is 2.20. The second-order valence-electron chi connectivity index (χ2n) is 4.61. The maximum atomic E-state index is 13.3. The van der Waals surface area contributed by atoms with E-state index in [1.165, 1.54) is 6.07 Å².